The summed E-state index contributed by atoms with van der Waals surface area (Å²) in [5.74, 6) is 0.991. The molecule has 0 saturated heterocycles. The molecule has 6 aromatic carbocycles. The van der Waals surface area contributed by atoms with Crippen molar-refractivity contribution in [3.05, 3.63) is 205 Å². The van der Waals surface area contributed by atoms with Crippen LogP contribution in [0.25, 0.3) is 44.8 Å². The molecule has 0 fully saturated rings. The summed E-state index contributed by atoms with van der Waals surface area (Å²) in [6, 6.07) is 64.0. The number of aromatic nitrogens is 2. The van der Waals surface area contributed by atoms with Gasteiger partial charge in [0.15, 0.2) is 0 Å². The van der Waals surface area contributed by atoms with Crippen LogP contribution in [0.3, 0.4) is 0 Å². The predicted molar refractivity (Wildman–Crippen MR) is 227 cm³/mol. The summed E-state index contributed by atoms with van der Waals surface area (Å²) < 4.78 is 0. The Morgan fingerprint density at radius 2 is 1.16 bits per heavy atom. The van der Waals surface area contributed by atoms with Crippen LogP contribution in [-0.4, -0.2) is 15.1 Å². The normalized spacial score (nSPS) is 11.1. The minimum Gasteiger partial charge on any atom is -0.507 e. The number of nitrogens with zero attached hydrogens (tertiary/aromatic N) is 3. The maximum Gasteiger partial charge on any atom is 0.136 e. The fourth-order valence-electron chi connectivity index (χ4n) is 6.89. The zero-order valence-electron chi connectivity index (χ0n) is 31.6. The Balaban J connectivity index is 0.00000480. The molecule has 0 unspecified atom stereocenters. The van der Waals surface area contributed by atoms with Crippen LogP contribution in [0.4, 0.5) is 17.2 Å². The van der Waals surface area contributed by atoms with E-state index in [9.17, 15) is 5.11 Å². The van der Waals surface area contributed by atoms with Crippen molar-refractivity contribution in [3.8, 4) is 50.5 Å². The number of pyridine rings is 2. The molecule has 278 valence electrons. The fourth-order valence-corrected chi connectivity index (χ4v) is 6.89. The van der Waals surface area contributed by atoms with Crippen molar-refractivity contribution in [1.82, 2.24) is 9.97 Å². The first kappa shape index (κ1) is 38.2. The Kier molecular flexibility index (Phi) is 11.4. The fraction of sp³-hybridized carbons (Fsp3) is 0.0980. The second-order valence-corrected chi connectivity index (χ2v) is 14.9. The molecule has 0 saturated carbocycles. The number of hydrogen-bond donors (Lipinski definition) is 1. The zero-order valence-corrected chi connectivity index (χ0v) is 33.9. The Morgan fingerprint density at radius 1 is 0.571 bits per heavy atom. The molecule has 4 nitrogen and oxygen atoms in total. The van der Waals surface area contributed by atoms with Crippen LogP contribution in [0, 0.1) is 6.07 Å². The molecule has 1 N–H and O–H groups in total. The van der Waals surface area contributed by atoms with Gasteiger partial charge in [-0.2, -0.15) is 0 Å². The molecule has 2 aromatic heterocycles. The number of para-hydroxylation sites is 2. The predicted octanol–water partition coefficient (Wildman–Crippen LogP) is 13.0. The number of benzene rings is 6. The third kappa shape index (κ3) is 8.57. The number of anilines is 3. The number of hydrogen-bond acceptors (Lipinski definition) is 4. The molecule has 0 radical (unpaired) electrons. The number of rotatable bonds is 9. The van der Waals surface area contributed by atoms with Gasteiger partial charge in [0, 0.05) is 38.5 Å². The zero-order chi connectivity index (χ0) is 37.8. The van der Waals surface area contributed by atoms with Gasteiger partial charge >= 0.3 is 0 Å². The summed E-state index contributed by atoms with van der Waals surface area (Å²) in [6.07, 6.45) is 2.69. The Morgan fingerprint density at radius 3 is 1.84 bits per heavy atom. The van der Waals surface area contributed by atoms with Crippen molar-refractivity contribution in [2.75, 3.05) is 4.90 Å². The summed E-state index contributed by atoms with van der Waals surface area (Å²) in [5.41, 5.74) is 12.5. The van der Waals surface area contributed by atoms with E-state index in [0.29, 0.717) is 11.3 Å². The van der Waals surface area contributed by atoms with E-state index in [1.54, 1.807) is 6.07 Å². The largest absolute Gasteiger partial charge is 0.507 e. The van der Waals surface area contributed by atoms with Crippen molar-refractivity contribution >= 4 is 17.2 Å². The van der Waals surface area contributed by atoms with E-state index in [2.05, 4.69) is 165 Å². The molecule has 2 heterocycles. The van der Waals surface area contributed by atoms with Gasteiger partial charge in [0.25, 0.3) is 0 Å². The quantitative estimate of drug-likeness (QED) is 0.147. The smallest absolute Gasteiger partial charge is 0.136 e. The van der Waals surface area contributed by atoms with Gasteiger partial charge in [0.1, 0.15) is 11.6 Å². The molecule has 0 atom stereocenters. The van der Waals surface area contributed by atoms with Crippen LogP contribution in [0.15, 0.2) is 182 Å². The Labute approximate surface area is 344 Å². The average Bonchev–Trinajstić information content (AvgIpc) is 3.22. The maximum absolute atomic E-state index is 11.0. The maximum atomic E-state index is 11.0. The molecule has 0 aliphatic carbocycles. The van der Waals surface area contributed by atoms with Crippen molar-refractivity contribution in [2.24, 2.45) is 0 Å². The molecule has 0 spiro atoms. The van der Waals surface area contributed by atoms with E-state index in [0.717, 1.165) is 57.1 Å². The molecule has 0 aliphatic rings. The van der Waals surface area contributed by atoms with Crippen LogP contribution in [-0.2, 0) is 32.9 Å². The third-order valence-electron chi connectivity index (χ3n) is 9.87. The molecule has 56 heavy (non-hydrogen) atoms. The second-order valence-electron chi connectivity index (χ2n) is 14.9. The van der Waals surface area contributed by atoms with Gasteiger partial charge in [0.05, 0.1) is 5.69 Å². The Hall–Kier alpha value is -6.09. The first-order valence-corrected chi connectivity index (χ1v) is 18.7. The van der Waals surface area contributed by atoms with E-state index < -0.39 is 0 Å². The van der Waals surface area contributed by atoms with Crippen LogP contribution in [0.1, 0.15) is 37.5 Å². The van der Waals surface area contributed by atoms with Gasteiger partial charge in [-0.05, 0) is 99.1 Å². The van der Waals surface area contributed by atoms with Crippen molar-refractivity contribution in [1.29, 1.82) is 0 Å². The monoisotopic (exact) mass is 907 g/mol. The average molecular weight is 908 g/mol. The minimum atomic E-state index is -0.186. The molecule has 0 bridgehead atoms. The number of aromatic hydroxyl groups is 1. The summed E-state index contributed by atoms with van der Waals surface area (Å²) >= 11 is 0. The van der Waals surface area contributed by atoms with Gasteiger partial charge in [-0.3, -0.25) is 4.98 Å². The van der Waals surface area contributed by atoms with Crippen molar-refractivity contribution < 1.29 is 26.2 Å². The van der Waals surface area contributed by atoms with Gasteiger partial charge in [-0.15, -0.1) is 29.3 Å². The van der Waals surface area contributed by atoms with Crippen LogP contribution < -0.4 is 4.90 Å². The first-order valence-electron chi connectivity index (χ1n) is 18.7. The molecule has 0 aliphatic heterocycles. The summed E-state index contributed by atoms with van der Waals surface area (Å²) in [6.45, 7) is 6.69. The van der Waals surface area contributed by atoms with Crippen molar-refractivity contribution in [2.45, 2.75) is 32.6 Å². The molecule has 8 rings (SSSR count). The summed E-state index contributed by atoms with van der Waals surface area (Å²) in [5, 5.41) is 11.0. The number of phenolic OH excluding ortho intramolecular Hbond substituents is 1. The standard InChI is InChI=1S/C51H42N3O.Pt/c1-51(2,3)43-31-42(32-45(35-43)54(44-19-11-6-12-20-44)50-30-37(27-28-52-50)29-36-15-7-4-8-16-36)47-33-41(34-48(53-47)46-21-13-14-22-49(46)55)40-25-23-39(24-26-40)38-17-9-5-10-18-38;/h4-28,30-31,33-35,55H,29H2,1-3H3;/q-1;. The van der Waals surface area contributed by atoms with Crippen LogP contribution in [0.2, 0.25) is 0 Å². The molecular formula is C51H42N3OPt-. The van der Waals surface area contributed by atoms with Crippen LogP contribution >= 0.6 is 0 Å². The van der Waals surface area contributed by atoms with Gasteiger partial charge in [-0.1, -0.05) is 142 Å². The van der Waals surface area contributed by atoms with Gasteiger partial charge in [-0.25, -0.2) is 4.98 Å². The summed E-state index contributed by atoms with van der Waals surface area (Å²) in [7, 11) is 0. The van der Waals surface area contributed by atoms with Gasteiger partial charge < -0.3 is 10.0 Å². The van der Waals surface area contributed by atoms with Gasteiger partial charge in [0.2, 0.25) is 0 Å². The Bertz CT molecular complexity index is 2550. The second kappa shape index (κ2) is 16.7. The van der Waals surface area contributed by atoms with Crippen LogP contribution in [0.5, 0.6) is 5.75 Å². The number of phenols is 1. The third-order valence-corrected chi connectivity index (χ3v) is 9.87. The van der Waals surface area contributed by atoms with E-state index >= 15 is 0 Å². The summed E-state index contributed by atoms with van der Waals surface area (Å²) in [4.78, 5) is 12.4. The molecule has 0 amide bonds. The van der Waals surface area contributed by atoms with Crippen molar-refractivity contribution in [3.63, 3.8) is 0 Å². The molecule has 8 aromatic rings. The first-order chi connectivity index (χ1) is 26.8. The molecule has 5 heteroatoms. The topological polar surface area (TPSA) is 49.3 Å². The molecular weight excluding hydrogens is 866 g/mol. The van der Waals surface area contributed by atoms with E-state index in [1.807, 2.05) is 42.6 Å². The van der Waals surface area contributed by atoms with E-state index in [-0.39, 0.29) is 32.2 Å². The van der Waals surface area contributed by atoms with E-state index in [1.165, 1.54) is 16.7 Å². The SMILES string of the molecule is CC(C)(C)c1cc(-c2cc(-c3ccc(-c4ccccc4)cc3)cc(-c3ccccc3O)n2)[c-]c(N(c2ccccc2)c2cc(Cc3ccccc3)ccn2)c1.[Pt]. The van der Waals surface area contributed by atoms with E-state index in [4.69, 9.17) is 9.97 Å². The minimum absolute atomic E-state index is 0.